The van der Waals surface area contributed by atoms with Crippen molar-refractivity contribution in [2.45, 2.75) is 24.7 Å². The van der Waals surface area contributed by atoms with Gasteiger partial charge < -0.3 is 10.9 Å². The van der Waals surface area contributed by atoms with E-state index in [0.29, 0.717) is 12.2 Å². The highest BCUT2D eigenvalue weighted by atomic mass is 127. The number of nitrogens with zero attached hydrogens (tertiary/aromatic N) is 4. The first-order valence-corrected chi connectivity index (χ1v) is 13.3. The average molecular weight is 498 g/mol. The summed E-state index contributed by atoms with van der Waals surface area (Å²) in [6.45, 7) is 2.21. The number of hydrogen-bond donors (Lipinski definition) is 2. The molecular formula is C17H20IN6PS. The second-order valence-electron chi connectivity index (χ2n) is 5.59. The number of benzene rings is 1. The van der Waals surface area contributed by atoms with E-state index in [0.717, 1.165) is 28.0 Å². The number of fused-ring (bicyclic) bond motifs is 1. The molecule has 0 bridgehead atoms. The number of halogens is 1. The summed E-state index contributed by atoms with van der Waals surface area (Å²) >= 11 is 4.09. The fourth-order valence-corrected chi connectivity index (χ4v) is 4.58. The number of unbranched alkanes of at least 4 members (excludes halogenated alkanes) is 1. The van der Waals surface area contributed by atoms with Gasteiger partial charge in [-0.15, -0.1) is 11.8 Å². The highest BCUT2D eigenvalue weighted by Gasteiger charge is 2.10. The van der Waals surface area contributed by atoms with Crippen molar-refractivity contribution in [1.82, 2.24) is 19.9 Å². The molecule has 3 rings (SSSR count). The van der Waals surface area contributed by atoms with Crippen LogP contribution in [-0.2, 0) is 0 Å². The van der Waals surface area contributed by atoms with E-state index in [-0.39, 0.29) is 0 Å². The molecular weight excluding hydrogens is 478 g/mol. The van der Waals surface area contributed by atoms with Crippen LogP contribution in [-0.4, -0.2) is 26.4 Å². The van der Waals surface area contributed by atoms with Gasteiger partial charge in [-0.3, -0.25) is 0 Å². The van der Waals surface area contributed by atoms with Gasteiger partial charge in [-0.05, 0) is 52.4 Å². The summed E-state index contributed by atoms with van der Waals surface area (Å²) < 4.78 is 1.85. The molecule has 6 nitrogen and oxygen atoms in total. The van der Waals surface area contributed by atoms with E-state index >= 15 is 0 Å². The number of nitrogens with two attached hydrogens (primary N) is 1. The molecule has 0 saturated heterocycles. The maximum Gasteiger partial charge on any atom is 0.162 e. The SMILES string of the molecule is CCCCSc1cnc2c(cnn2-c2cccc(/C(=N/N)NPI)c2)c1. The number of thioether (sulfide) groups is 1. The molecule has 2 aromatic heterocycles. The third kappa shape index (κ3) is 4.47. The minimum absolute atomic E-state index is 0.494. The molecule has 1 unspecified atom stereocenters. The second-order valence-corrected chi connectivity index (χ2v) is 8.82. The Hall–Kier alpha value is -1.38. The van der Waals surface area contributed by atoms with E-state index in [1.54, 1.807) is 0 Å². The van der Waals surface area contributed by atoms with Crippen LogP contribution in [0, 0.1) is 0 Å². The van der Waals surface area contributed by atoms with E-state index in [4.69, 9.17) is 5.84 Å². The number of nitrogens with one attached hydrogen (secondary N) is 1. The van der Waals surface area contributed by atoms with Crippen molar-refractivity contribution < 1.29 is 0 Å². The Morgan fingerprint density at radius 1 is 1.38 bits per heavy atom. The lowest BCUT2D eigenvalue weighted by molar-refractivity contribution is 0.893. The van der Waals surface area contributed by atoms with Gasteiger partial charge in [-0.1, -0.05) is 25.5 Å². The summed E-state index contributed by atoms with van der Waals surface area (Å²) in [4.78, 5) is 5.82. The normalized spacial score (nSPS) is 12.3. The molecule has 136 valence electrons. The first kappa shape index (κ1) is 19.4. The van der Waals surface area contributed by atoms with E-state index in [9.17, 15) is 0 Å². The van der Waals surface area contributed by atoms with Gasteiger partial charge in [0.05, 0.1) is 11.9 Å². The Kier molecular flexibility index (Phi) is 7.10. The summed E-state index contributed by atoms with van der Waals surface area (Å²) in [6.07, 6.45) is 6.70. The monoisotopic (exact) mass is 498 g/mol. The maximum absolute atomic E-state index is 5.51. The minimum atomic E-state index is 0.494. The van der Waals surface area contributed by atoms with E-state index < -0.39 is 0 Å². The largest absolute Gasteiger partial charge is 0.341 e. The minimum Gasteiger partial charge on any atom is -0.341 e. The Bertz CT molecular complexity index is 913. The molecule has 0 aliphatic carbocycles. The van der Waals surface area contributed by atoms with Crippen LogP contribution < -0.4 is 10.9 Å². The van der Waals surface area contributed by atoms with Crippen molar-refractivity contribution in [3.8, 4) is 5.69 Å². The molecule has 3 N–H and O–H groups in total. The fourth-order valence-electron chi connectivity index (χ4n) is 2.51. The lowest BCUT2D eigenvalue weighted by Gasteiger charge is -2.09. The molecule has 0 fully saturated rings. The standard InChI is InChI=1S/C17H20IN6PS/c1-2-3-7-26-15-9-13-10-21-24(17(13)20-11-15)14-6-4-5-12(8-14)16(22-19)23-25-18/h4-6,8-11,25H,2-3,7,19H2,1H3,(H,22,23). The maximum atomic E-state index is 5.51. The smallest absolute Gasteiger partial charge is 0.162 e. The van der Waals surface area contributed by atoms with Crippen molar-refractivity contribution >= 4 is 57.0 Å². The van der Waals surface area contributed by atoms with Gasteiger partial charge in [0.2, 0.25) is 0 Å². The van der Waals surface area contributed by atoms with Crippen LogP contribution in [0.4, 0.5) is 0 Å². The van der Waals surface area contributed by atoms with Crippen LogP contribution in [0.3, 0.4) is 0 Å². The summed E-state index contributed by atoms with van der Waals surface area (Å²) in [5.41, 5.74) is 2.69. The predicted octanol–water partition coefficient (Wildman–Crippen LogP) is 4.47. The Morgan fingerprint density at radius 3 is 3.04 bits per heavy atom. The number of hydrazone groups is 1. The first-order chi connectivity index (χ1) is 12.8. The van der Waals surface area contributed by atoms with Crippen molar-refractivity contribution in [3.05, 3.63) is 48.3 Å². The summed E-state index contributed by atoms with van der Waals surface area (Å²) in [5, 5.41) is 12.6. The average Bonchev–Trinajstić information content (AvgIpc) is 3.09. The first-order valence-electron chi connectivity index (χ1n) is 8.23. The lowest BCUT2D eigenvalue weighted by atomic mass is 10.2. The van der Waals surface area contributed by atoms with Gasteiger partial charge in [-0.2, -0.15) is 10.2 Å². The lowest BCUT2D eigenvalue weighted by Crippen LogP contribution is -2.17. The van der Waals surface area contributed by atoms with Crippen LogP contribution in [0.2, 0.25) is 0 Å². The molecule has 0 aliphatic heterocycles. The Morgan fingerprint density at radius 2 is 2.27 bits per heavy atom. The van der Waals surface area contributed by atoms with Crippen LogP contribution in [0.5, 0.6) is 0 Å². The molecule has 0 amide bonds. The fraction of sp³-hybridized carbons (Fsp3) is 0.235. The molecule has 1 atom stereocenters. The number of hydrogen-bond acceptors (Lipinski definition) is 5. The van der Waals surface area contributed by atoms with Crippen LogP contribution >= 0.6 is 40.2 Å². The van der Waals surface area contributed by atoms with Crippen molar-refractivity contribution in [2.75, 3.05) is 5.75 Å². The van der Waals surface area contributed by atoms with E-state index in [2.05, 4.69) is 55.3 Å². The van der Waals surface area contributed by atoms with Gasteiger partial charge in [-0.25, -0.2) is 9.67 Å². The Labute approximate surface area is 171 Å². The topological polar surface area (TPSA) is 81.1 Å². The molecule has 0 radical (unpaired) electrons. The molecule has 1 aromatic carbocycles. The number of aromatic nitrogens is 3. The highest BCUT2D eigenvalue weighted by Crippen LogP contribution is 2.24. The summed E-state index contributed by atoms with van der Waals surface area (Å²) in [6, 6.07) is 10.1. The zero-order valence-electron chi connectivity index (χ0n) is 14.3. The van der Waals surface area contributed by atoms with Crippen molar-refractivity contribution in [2.24, 2.45) is 10.9 Å². The molecule has 2 heterocycles. The third-order valence-corrected chi connectivity index (χ3v) is 6.00. The van der Waals surface area contributed by atoms with Gasteiger partial charge in [0.15, 0.2) is 11.5 Å². The van der Waals surface area contributed by atoms with E-state index in [1.165, 1.54) is 17.7 Å². The van der Waals surface area contributed by atoms with Crippen molar-refractivity contribution in [1.29, 1.82) is 0 Å². The second kappa shape index (κ2) is 9.53. The van der Waals surface area contributed by atoms with E-state index in [1.807, 2.05) is 53.1 Å². The van der Waals surface area contributed by atoms with Crippen LogP contribution in [0.25, 0.3) is 16.7 Å². The van der Waals surface area contributed by atoms with Crippen molar-refractivity contribution in [3.63, 3.8) is 0 Å². The van der Waals surface area contributed by atoms with Crippen LogP contribution in [0.15, 0.2) is 52.7 Å². The summed E-state index contributed by atoms with van der Waals surface area (Å²) in [5.74, 6) is 7.29. The number of rotatable bonds is 7. The zero-order valence-corrected chi connectivity index (χ0v) is 18.3. The summed E-state index contributed by atoms with van der Waals surface area (Å²) in [7, 11) is 0. The predicted molar refractivity (Wildman–Crippen MR) is 121 cm³/mol. The zero-order chi connectivity index (χ0) is 18.4. The number of pyridine rings is 1. The van der Waals surface area contributed by atoms with Gasteiger partial charge in [0, 0.05) is 28.4 Å². The Balaban J connectivity index is 1.91. The van der Waals surface area contributed by atoms with Gasteiger partial charge >= 0.3 is 0 Å². The highest BCUT2D eigenvalue weighted by molar-refractivity contribution is 14.2. The molecule has 9 heteroatoms. The van der Waals surface area contributed by atoms with Gasteiger partial charge in [0.1, 0.15) is 0 Å². The molecule has 3 aromatic rings. The quantitative estimate of drug-likeness (QED) is 0.0735. The molecule has 26 heavy (non-hydrogen) atoms. The molecule has 0 aliphatic rings. The third-order valence-electron chi connectivity index (χ3n) is 3.81. The molecule has 0 spiro atoms. The number of amidine groups is 1. The molecule has 0 saturated carbocycles. The van der Waals surface area contributed by atoms with Crippen LogP contribution in [0.1, 0.15) is 25.3 Å². The van der Waals surface area contributed by atoms with Gasteiger partial charge in [0.25, 0.3) is 0 Å².